The van der Waals surface area contributed by atoms with E-state index in [1.54, 1.807) is 0 Å². The molecule has 1 aliphatic rings. The summed E-state index contributed by atoms with van der Waals surface area (Å²) in [5, 5.41) is 13.8. The normalized spacial score (nSPS) is 16.9. The summed E-state index contributed by atoms with van der Waals surface area (Å²) < 4.78 is 7.68. The lowest BCUT2D eigenvalue weighted by Crippen LogP contribution is -2.35. The molecule has 0 spiro atoms. The Hall–Kier alpha value is -3.36. The minimum atomic E-state index is -0.412. The number of hydrogen-bond acceptors (Lipinski definition) is 6. The van der Waals surface area contributed by atoms with E-state index in [4.69, 9.17) is 4.74 Å². The zero-order valence-electron chi connectivity index (χ0n) is 20.6. The van der Waals surface area contributed by atoms with Gasteiger partial charge in [0.2, 0.25) is 0 Å². The van der Waals surface area contributed by atoms with E-state index in [-0.39, 0.29) is 11.7 Å². The smallest absolute Gasteiger partial charge is 0.253 e. The average molecular weight is 473 g/mol. The molecule has 182 valence electrons. The summed E-state index contributed by atoms with van der Waals surface area (Å²) in [7, 11) is 0. The number of aryl methyl sites for hydroxylation is 2. The highest BCUT2D eigenvalue weighted by molar-refractivity contribution is 5.83. The number of H-pyrrole nitrogens is 1. The van der Waals surface area contributed by atoms with Gasteiger partial charge in [-0.2, -0.15) is 0 Å². The van der Waals surface area contributed by atoms with Gasteiger partial charge in [-0.3, -0.25) is 9.69 Å². The van der Waals surface area contributed by atoms with E-state index in [1.807, 2.05) is 41.9 Å². The van der Waals surface area contributed by atoms with Crippen molar-refractivity contribution in [3.63, 3.8) is 0 Å². The van der Waals surface area contributed by atoms with E-state index in [2.05, 4.69) is 57.5 Å². The molecule has 3 heterocycles. The number of hydrogen-bond donors (Lipinski definition) is 1. The number of nitrogens with one attached hydrogen (secondary N) is 1. The van der Waals surface area contributed by atoms with Crippen LogP contribution >= 0.6 is 0 Å². The maximum Gasteiger partial charge on any atom is 0.253 e. The van der Waals surface area contributed by atoms with Gasteiger partial charge in [-0.05, 0) is 72.5 Å². The Morgan fingerprint density at radius 1 is 1.20 bits per heavy atom. The molecule has 1 N–H and O–H groups in total. The predicted molar refractivity (Wildman–Crippen MR) is 135 cm³/mol. The molecule has 0 unspecified atom stereocenters. The summed E-state index contributed by atoms with van der Waals surface area (Å²) in [5.74, 6) is 0.660. The predicted octanol–water partition coefficient (Wildman–Crippen LogP) is 3.92. The van der Waals surface area contributed by atoms with Gasteiger partial charge in [-0.25, -0.2) is 4.68 Å². The van der Waals surface area contributed by atoms with Gasteiger partial charge >= 0.3 is 0 Å². The molecule has 8 nitrogen and oxygen atoms in total. The topological polar surface area (TPSA) is 88.9 Å². The van der Waals surface area contributed by atoms with Crippen molar-refractivity contribution in [2.45, 2.75) is 58.8 Å². The van der Waals surface area contributed by atoms with Gasteiger partial charge in [0.15, 0.2) is 5.82 Å². The van der Waals surface area contributed by atoms with Crippen LogP contribution in [0.5, 0.6) is 0 Å². The third-order valence-corrected chi connectivity index (χ3v) is 6.84. The molecule has 1 saturated heterocycles. The van der Waals surface area contributed by atoms with Crippen molar-refractivity contribution in [3.8, 4) is 0 Å². The maximum absolute atomic E-state index is 13.5. The third kappa shape index (κ3) is 4.90. The Morgan fingerprint density at radius 2 is 2.03 bits per heavy atom. The number of benzene rings is 2. The highest BCUT2D eigenvalue weighted by Crippen LogP contribution is 2.30. The van der Waals surface area contributed by atoms with E-state index >= 15 is 0 Å². The van der Waals surface area contributed by atoms with Crippen molar-refractivity contribution in [1.29, 1.82) is 0 Å². The SMILES string of the molecule is CCN(Cc1ccccc1)[C@H](c1cc2c(C)cc(C)cc2[nH]c1=O)c1nnnn1C[C@H]1CCCO1. The second kappa shape index (κ2) is 10.1. The first-order valence-corrected chi connectivity index (χ1v) is 12.3. The standard InChI is InChI=1S/C27H32N6O2/c1-4-32(16-20-9-6-5-7-10-20)25(26-29-30-31-33(26)17-21-11-8-12-35-21)23-15-22-19(3)13-18(2)14-24(22)28-27(23)34/h5-7,9-10,13-15,21,25H,4,8,11-12,16-17H2,1-3H3,(H,28,34)/t21-,25-/m1/s1. The monoisotopic (exact) mass is 472 g/mol. The van der Waals surface area contributed by atoms with Crippen LogP contribution in [0.3, 0.4) is 0 Å². The minimum absolute atomic E-state index is 0.0854. The molecule has 0 aliphatic carbocycles. The Labute approximate surface area is 204 Å². The van der Waals surface area contributed by atoms with E-state index in [0.29, 0.717) is 24.5 Å². The molecule has 1 fully saturated rings. The minimum Gasteiger partial charge on any atom is -0.376 e. The second-order valence-electron chi connectivity index (χ2n) is 9.40. The first-order chi connectivity index (χ1) is 17.0. The summed E-state index contributed by atoms with van der Waals surface area (Å²) in [4.78, 5) is 18.9. The number of pyridine rings is 1. The summed E-state index contributed by atoms with van der Waals surface area (Å²) in [6.45, 7) is 8.95. The molecule has 5 rings (SSSR count). The number of ether oxygens (including phenoxy) is 1. The summed E-state index contributed by atoms with van der Waals surface area (Å²) in [5.41, 5.74) is 4.79. The first kappa shape index (κ1) is 23.4. The largest absolute Gasteiger partial charge is 0.376 e. The third-order valence-electron chi connectivity index (χ3n) is 6.84. The first-order valence-electron chi connectivity index (χ1n) is 12.3. The van der Waals surface area contributed by atoms with Crippen LogP contribution in [0.15, 0.2) is 53.3 Å². The molecule has 35 heavy (non-hydrogen) atoms. The van der Waals surface area contributed by atoms with Crippen LogP contribution in [0.25, 0.3) is 10.9 Å². The molecule has 2 atom stereocenters. The highest BCUT2D eigenvalue weighted by atomic mass is 16.5. The fraction of sp³-hybridized carbons (Fsp3) is 0.407. The molecule has 8 heteroatoms. The van der Waals surface area contributed by atoms with E-state index in [9.17, 15) is 4.79 Å². The zero-order valence-corrected chi connectivity index (χ0v) is 20.6. The van der Waals surface area contributed by atoms with Gasteiger partial charge in [0, 0.05) is 29.6 Å². The highest BCUT2D eigenvalue weighted by Gasteiger charge is 2.31. The molecular formula is C27H32N6O2. The van der Waals surface area contributed by atoms with Crippen molar-refractivity contribution in [2.24, 2.45) is 0 Å². The van der Waals surface area contributed by atoms with Crippen LogP contribution in [0.4, 0.5) is 0 Å². The number of nitrogens with zero attached hydrogens (tertiary/aromatic N) is 5. The number of rotatable bonds is 8. The molecule has 2 aromatic heterocycles. The second-order valence-corrected chi connectivity index (χ2v) is 9.40. The molecular weight excluding hydrogens is 440 g/mol. The molecule has 0 amide bonds. The van der Waals surface area contributed by atoms with E-state index < -0.39 is 6.04 Å². The van der Waals surface area contributed by atoms with E-state index in [0.717, 1.165) is 48.0 Å². The van der Waals surface area contributed by atoms with Crippen molar-refractivity contribution in [1.82, 2.24) is 30.1 Å². The van der Waals surface area contributed by atoms with Gasteiger partial charge in [-0.15, -0.1) is 5.10 Å². The molecule has 2 aromatic carbocycles. The van der Waals surface area contributed by atoms with Crippen LogP contribution in [0, 0.1) is 13.8 Å². The van der Waals surface area contributed by atoms with Gasteiger partial charge in [0.05, 0.1) is 12.6 Å². The summed E-state index contributed by atoms with van der Waals surface area (Å²) in [6.07, 6.45) is 2.12. The van der Waals surface area contributed by atoms with Gasteiger partial charge in [0.25, 0.3) is 5.56 Å². The lowest BCUT2D eigenvalue weighted by molar-refractivity contribution is 0.0907. The maximum atomic E-state index is 13.5. The summed E-state index contributed by atoms with van der Waals surface area (Å²) >= 11 is 0. The van der Waals surface area contributed by atoms with Crippen molar-refractivity contribution < 1.29 is 4.74 Å². The lowest BCUT2D eigenvalue weighted by Gasteiger charge is -2.30. The van der Waals surface area contributed by atoms with Gasteiger partial charge in [0.1, 0.15) is 6.04 Å². The van der Waals surface area contributed by atoms with Crippen LogP contribution in [0.2, 0.25) is 0 Å². The fourth-order valence-electron chi connectivity index (χ4n) is 5.11. The Balaban J connectivity index is 1.64. The number of tetrazole rings is 1. The molecule has 1 aliphatic heterocycles. The summed E-state index contributed by atoms with van der Waals surface area (Å²) in [6, 6.07) is 16.1. The molecule has 0 radical (unpaired) electrons. The fourth-order valence-corrected chi connectivity index (χ4v) is 5.11. The van der Waals surface area contributed by atoms with Gasteiger partial charge in [-0.1, -0.05) is 43.3 Å². The zero-order chi connectivity index (χ0) is 24.4. The number of fused-ring (bicyclic) bond motifs is 1. The average Bonchev–Trinajstić information content (AvgIpc) is 3.52. The Kier molecular flexibility index (Phi) is 6.74. The van der Waals surface area contributed by atoms with Crippen molar-refractivity contribution >= 4 is 10.9 Å². The van der Waals surface area contributed by atoms with Crippen molar-refractivity contribution in [2.75, 3.05) is 13.2 Å². The van der Waals surface area contributed by atoms with Crippen LogP contribution < -0.4 is 5.56 Å². The van der Waals surface area contributed by atoms with E-state index in [1.165, 1.54) is 5.56 Å². The Morgan fingerprint density at radius 3 is 2.77 bits per heavy atom. The molecule has 4 aromatic rings. The van der Waals surface area contributed by atoms with Crippen LogP contribution in [0.1, 0.15) is 53.9 Å². The Bertz CT molecular complexity index is 1360. The quantitative estimate of drug-likeness (QED) is 0.418. The molecule has 0 saturated carbocycles. The molecule has 0 bridgehead atoms. The number of aromatic nitrogens is 5. The van der Waals surface area contributed by atoms with Crippen molar-refractivity contribution in [3.05, 3.63) is 87.0 Å². The van der Waals surface area contributed by atoms with Crippen LogP contribution in [-0.2, 0) is 17.8 Å². The van der Waals surface area contributed by atoms with Crippen LogP contribution in [-0.4, -0.2) is 49.3 Å². The van der Waals surface area contributed by atoms with Gasteiger partial charge < -0.3 is 9.72 Å². The lowest BCUT2D eigenvalue weighted by atomic mass is 9.99. The number of aromatic amines is 1.